The molecule has 3 rings (SSSR count). The first kappa shape index (κ1) is 14.8. The van der Waals surface area contributed by atoms with Crippen molar-refractivity contribution in [1.29, 1.82) is 0 Å². The summed E-state index contributed by atoms with van der Waals surface area (Å²) in [4.78, 5) is 1.37. The maximum atomic E-state index is 5.97. The van der Waals surface area contributed by atoms with Crippen LogP contribution in [0.5, 0.6) is 0 Å². The van der Waals surface area contributed by atoms with E-state index in [0.717, 1.165) is 43.0 Å². The summed E-state index contributed by atoms with van der Waals surface area (Å²) in [6.45, 7) is 3.79. The van der Waals surface area contributed by atoms with E-state index in [0.29, 0.717) is 12.1 Å². The molecule has 3 atom stereocenters. The third-order valence-electron chi connectivity index (χ3n) is 4.44. The zero-order chi connectivity index (χ0) is 13.8. The molecule has 0 aromatic carbocycles. The molecule has 1 aliphatic carbocycles. The zero-order valence-electron chi connectivity index (χ0n) is 11.7. The first-order valence-corrected chi connectivity index (χ1v) is 8.81. The number of ether oxygens (including phenoxy) is 1. The summed E-state index contributed by atoms with van der Waals surface area (Å²) >= 11 is 7.66. The average Bonchev–Trinajstić information content (AvgIpc) is 3.09. The quantitative estimate of drug-likeness (QED) is 0.876. The molecule has 1 aliphatic heterocycles. The molecule has 1 aromatic heterocycles. The summed E-state index contributed by atoms with van der Waals surface area (Å²) < 4.78 is 6.51. The molecule has 2 fully saturated rings. The molecule has 2 N–H and O–H groups in total. The topological polar surface area (TPSA) is 33.3 Å². The third kappa shape index (κ3) is 3.74. The molecule has 2 heterocycles. The van der Waals surface area contributed by atoms with Crippen LogP contribution in [0.4, 0.5) is 0 Å². The number of nitrogens with one attached hydrogen (secondary N) is 2. The molecule has 0 bridgehead atoms. The van der Waals surface area contributed by atoms with Gasteiger partial charge in [0.25, 0.3) is 0 Å². The molecule has 5 heteroatoms. The standard InChI is InChI=1S/C15H23ClN2OS/c16-15-5-4-11(20-15)6-7-17-13-3-1-2-12(13)14-10-19-9-8-18-14/h4-5,12-14,17-18H,1-3,6-10H2. The van der Waals surface area contributed by atoms with Gasteiger partial charge in [-0.1, -0.05) is 18.0 Å². The number of hydrogen-bond acceptors (Lipinski definition) is 4. The molecule has 3 unspecified atom stereocenters. The highest BCUT2D eigenvalue weighted by atomic mass is 35.5. The Bertz CT molecular complexity index is 420. The third-order valence-corrected chi connectivity index (χ3v) is 5.73. The molecule has 1 saturated carbocycles. The lowest BCUT2D eigenvalue weighted by molar-refractivity contribution is 0.0526. The van der Waals surface area contributed by atoms with E-state index in [1.54, 1.807) is 11.3 Å². The molecule has 0 radical (unpaired) electrons. The predicted octanol–water partition coefficient (Wildman–Crippen LogP) is 2.69. The normalized spacial score (nSPS) is 30.8. The van der Waals surface area contributed by atoms with Crippen molar-refractivity contribution < 1.29 is 4.74 Å². The molecule has 0 amide bonds. The maximum absolute atomic E-state index is 5.97. The van der Waals surface area contributed by atoms with Crippen molar-refractivity contribution in [1.82, 2.24) is 10.6 Å². The summed E-state index contributed by atoms with van der Waals surface area (Å²) in [7, 11) is 0. The maximum Gasteiger partial charge on any atom is 0.0931 e. The lowest BCUT2D eigenvalue weighted by atomic mass is 9.94. The van der Waals surface area contributed by atoms with Gasteiger partial charge in [0, 0.05) is 30.1 Å². The Morgan fingerprint density at radius 3 is 3.10 bits per heavy atom. The minimum absolute atomic E-state index is 0.542. The van der Waals surface area contributed by atoms with Crippen LogP contribution in [-0.4, -0.2) is 38.4 Å². The second-order valence-electron chi connectivity index (χ2n) is 5.75. The molecule has 2 aliphatic rings. The SMILES string of the molecule is Clc1ccc(CCNC2CCCC2C2COCCN2)s1. The summed E-state index contributed by atoms with van der Waals surface area (Å²) in [6, 6.07) is 5.31. The fraction of sp³-hybridized carbons (Fsp3) is 0.733. The van der Waals surface area contributed by atoms with Crippen LogP contribution in [0, 0.1) is 5.92 Å². The van der Waals surface area contributed by atoms with E-state index in [2.05, 4.69) is 16.7 Å². The van der Waals surface area contributed by atoms with Crippen LogP contribution in [0.15, 0.2) is 12.1 Å². The van der Waals surface area contributed by atoms with Gasteiger partial charge >= 0.3 is 0 Å². The molecular weight excluding hydrogens is 292 g/mol. The predicted molar refractivity (Wildman–Crippen MR) is 84.8 cm³/mol. The summed E-state index contributed by atoms with van der Waals surface area (Å²) in [5.74, 6) is 0.724. The van der Waals surface area contributed by atoms with Gasteiger partial charge in [-0.25, -0.2) is 0 Å². The van der Waals surface area contributed by atoms with E-state index >= 15 is 0 Å². The second-order valence-corrected chi connectivity index (χ2v) is 7.55. The van der Waals surface area contributed by atoms with Gasteiger partial charge in [0.2, 0.25) is 0 Å². The molecule has 1 aromatic rings. The smallest absolute Gasteiger partial charge is 0.0931 e. The number of thiophene rings is 1. The van der Waals surface area contributed by atoms with Crippen LogP contribution >= 0.6 is 22.9 Å². The summed E-state index contributed by atoms with van der Waals surface area (Å²) in [5, 5.41) is 7.38. The summed E-state index contributed by atoms with van der Waals surface area (Å²) in [5.41, 5.74) is 0. The number of halogens is 1. The highest BCUT2D eigenvalue weighted by Gasteiger charge is 2.34. The Balaban J connectivity index is 1.46. The van der Waals surface area contributed by atoms with Crippen LogP contribution in [0.3, 0.4) is 0 Å². The van der Waals surface area contributed by atoms with Gasteiger partial charge in [-0.15, -0.1) is 11.3 Å². The monoisotopic (exact) mass is 314 g/mol. The number of rotatable bonds is 5. The van der Waals surface area contributed by atoms with E-state index in [4.69, 9.17) is 16.3 Å². The van der Waals surface area contributed by atoms with E-state index in [1.807, 2.05) is 6.07 Å². The van der Waals surface area contributed by atoms with Gasteiger partial charge in [0.15, 0.2) is 0 Å². The van der Waals surface area contributed by atoms with Crippen molar-refractivity contribution in [3.05, 3.63) is 21.3 Å². The van der Waals surface area contributed by atoms with Crippen molar-refractivity contribution in [2.24, 2.45) is 5.92 Å². The van der Waals surface area contributed by atoms with Gasteiger partial charge in [-0.2, -0.15) is 0 Å². The van der Waals surface area contributed by atoms with E-state index in [9.17, 15) is 0 Å². The molecular formula is C15H23ClN2OS. The Labute approximate surface area is 130 Å². The largest absolute Gasteiger partial charge is 0.379 e. The lowest BCUT2D eigenvalue weighted by Crippen LogP contribution is -2.51. The van der Waals surface area contributed by atoms with Crippen molar-refractivity contribution in [2.75, 3.05) is 26.3 Å². The fourth-order valence-corrected chi connectivity index (χ4v) is 4.54. The van der Waals surface area contributed by atoms with Crippen molar-refractivity contribution in [3.63, 3.8) is 0 Å². The van der Waals surface area contributed by atoms with Crippen LogP contribution in [0.2, 0.25) is 4.34 Å². The first-order chi connectivity index (χ1) is 9.83. The minimum atomic E-state index is 0.542. The van der Waals surface area contributed by atoms with Crippen molar-refractivity contribution in [2.45, 2.75) is 37.8 Å². The van der Waals surface area contributed by atoms with Gasteiger partial charge in [0.05, 0.1) is 17.6 Å². The van der Waals surface area contributed by atoms with Crippen LogP contribution in [0.25, 0.3) is 0 Å². The van der Waals surface area contributed by atoms with Crippen LogP contribution in [-0.2, 0) is 11.2 Å². The molecule has 20 heavy (non-hydrogen) atoms. The van der Waals surface area contributed by atoms with Gasteiger partial charge in [0.1, 0.15) is 0 Å². The van der Waals surface area contributed by atoms with Crippen molar-refractivity contribution >= 4 is 22.9 Å². The van der Waals surface area contributed by atoms with E-state index in [1.165, 1.54) is 24.1 Å². The lowest BCUT2D eigenvalue weighted by Gasteiger charge is -2.33. The highest BCUT2D eigenvalue weighted by molar-refractivity contribution is 7.16. The van der Waals surface area contributed by atoms with Crippen molar-refractivity contribution in [3.8, 4) is 0 Å². The van der Waals surface area contributed by atoms with Crippen LogP contribution in [0.1, 0.15) is 24.1 Å². The Hall–Kier alpha value is -0.130. The van der Waals surface area contributed by atoms with Gasteiger partial charge in [-0.3, -0.25) is 0 Å². The first-order valence-electron chi connectivity index (χ1n) is 7.61. The van der Waals surface area contributed by atoms with Crippen LogP contribution < -0.4 is 10.6 Å². The molecule has 0 spiro atoms. The Morgan fingerprint density at radius 1 is 1.40 bits per heavy atom. The minimum Gasteiger partial charge on any atom is -0.379 e. The Kier molecular flexibility index (Phi) is 5.35. The van der Waals surface area contributed by atoms with Gasteiger partial charge in [-0.05, 0) is 37.3 Å². The molecule has 3 nitrogen and oxygen atoms in total. The van der Waals surface area contributed by atoms with E-state index in [-0.39, 0.29) is 0 Å². The molecule has 112 valence electrons. The zero-order valence-corrected chi connectivity index (χ0v) is 13.3. The van der Waals surface area contributed by atoms with E-state index < -0.39 is 0 Å². The Morgan fingerprint density at radius 2 is 2.35 bits per heavy atom. The number of hydrogen-bond donors (Lipinski definition) is 2. The van der Waals surface area contributed by atoms with Gasteiger partial charge < -0.3 is 15.4 Å². The summed E-state index contributed by atoms with van der Waals surface area (Å²) in [6.07, 6.45) is 5.04. The highest BCUT2D eigenvalue weighted by Crippen LogP contribution is 2.29. The second kappa shape index (κ2) is 7.23. The average molecular weight is 315 g/mol. The fourth-order valence-electron chi connectivity index (χ4n) is 3.45. The number of morpholine rings is 1. The molecule has 1 saturated heterocycles.